The van der Waals surface area contributed by atoms with Gasteiger partial charge in [0.15, 0.2) is 0 Å². The summed E-state index contributed by atoms with van der Waals surface area (Å²) in [5.41, 5.74) is 5.43. The van der Waals surface area contributed by atoms with E-state index in [0.29, 0.717) is 19.2 Å². The number of nitrogens with one attached hydrogen (secondary N) is 1. The number of amides is 1. The van der Waals surface area contributed by atoms with E-state index in [2.05, 4.69) is 5.32 Å². The van der Waals surface area contributed by atoms with Gasteiger partial charge in [0, 0.05) is 19.1 Å². The van der Waals surface area contributed by atoms with Crippen LogP contribution in [0.25, 0.3) is 0 Å². The summed E-state index contributed by atoms with van der Waals surface area (Å²) >= 11 is 0. The predicted molar refractivity (Wildman–Crippen MR) is 73.3 cm³/mol. The van der Waals surface area contributed by atoms with Crippen molar-refractivity contribution in [2.75, 3.05) is 19.7 Å². The average Bonchev–Trinajstić information content (AvgIpc) is 2.39. The molecular weight excluding hydrogens is 228 g/mol. The minimum atomic E-state index is 0.0225. The second-order valence-corrected chi connectivity index (χ2v) is 5.25. The lowest BCUT2D eigenvalue weighted by atomic mass is 9.98. The molecule has 0 aliphatic heterocycles. The van der Waals surface area contributed by atoms with Crippen molar-refractivity contribution < 1.29 is 9.53 Å². The predicted octanol–water partition coefficient (Wildman–Crippen LogP) is 1.83. The van der Waals surface area contributed by atoms with Crippen LogP contribution in [-0.2, 0) is 9.53 Å². The molecule has 0 aromatic heterocycles. The number of hydrogen-bond acceptors (Lipinski definition) is 3. The molecular formula is C14H28N2O2. The van der Waals surface area contributed by atoms with Gasteiger partial charge in [-0.05, 0) is 32.2 Å². The summed E-state index contributed by atoms with van der Waals surface area (Å²) in [5.74, 6) is 0.132. The first-order valence-corrected chi connectivity index (χ1v) is 7.33. The van der Waals surface area contributed by atoms with E-state index >= 15 is 0 Å². The number of hydrogen-bond donors (Lipinski definition) is 2. The van der Waals surface area contributed by atoms with Gasteiger partial charge in [-0.1, -0.05) is 26.2 Å². The fraction of sp³-hybridized carbons (Fsp3) is 0.929. The van der Waals surface area contributed by atoms with E-state index in [1.54, 1.807) is 0 Å². The maximum absolute atomic E-state index is 11.6. The topological polar surface area (TPSA) is 64.4 Å². The van der Waals surface area contributed by atoms with Crippen LogP contribution in [-0.4, -0.2) is 31.7 Å². The fourth-order valence-corrected chi connectivity index (χ4v) is 2.32. The molecule has 0 bridgehead atoms. The van der Waals surface area contributed by atoms with E-state index in [0.717, 1.165) is 19.4 Å². The van der Waals surface area contributed by atoms with Gasteiger partial charge >= 0.3 is 0 Å². The third kappa shape index (κ3) is 6.36. The number of carbonyl (C=O) groups excluding carboxylic acids is 1. The molecule has 0 radical (unpaired) electrons. The Kier molecular flexibility index (Phi) is 8.01. The molecule has 1 amide bonds. The van der Waals surface area contributed by atoms with Crippen LogP contribution in [0.4, 0.5) is 0 Å². The quantitative estimate of drug-likeness (QED) is 0.651. The molecule has 1 unspecified atom stereocenters. The SMILES string of the molecule is CC(CCN)C(=O)NCCCOC1CCCCC1. The molecule has 3 N–H and O–H groups in total. The summed E-state index contributed by atoms with van der Waals surface area (Å²) in [6.07, 6.45) is 8.50. The molecule has 1 atom stereocenters. The zero-order chi connectivity index (χ0) is 13.2. The summed E-state index contributed by atoms with van der Waals surface area (Å²) in [6, 6.07) is 0. The van der Waals surface area contributed by atoms with Crippen LogP contribution in [0.3, 0.4) is 0 Å². The molecule has 4 heteroatoms. The number of carbonyl (C=O) groups is 1. The molecule has 18 heavy (non-hydrogen) atoms. The highest BCUT2D eigenvalue weighted by Gasteiger charge is 2.13. The zero-order valence-corrected chi connectivity index (χ0v) is 11.6. The largest absolute Gasteiger partial charge is 0.378 e. The van der Waals surface area contributed by atoms with Crippen molar-refractivity contribution in [3.8, 4) is 0 Å². The van der Waals surface area contributed by atoms with E-state index < -0.39 is 0 Å². The van der Waals surface area contributed by atoms with E-state index in [9.17, 15) is 4.79 Å². The number of nitrogens with two attached hydrogens (primary N) is 1. The highest BCUT2D eigenvalue weighted by atomic mass is 16.5. The summed E-state index contributed by atoms with van der Waals surface area (Å²) in [7, 11) is 0. The Labute approximate surface area is 111 Å². The van der Waals surface area contributed by atoms with Crippen LogP contribution >= 0.6 is 0 Å². The van der Waals surface area contributed by atoms with Crippen LogP contribution in [0.15, 0.2) is 0 Å². The zero-order valence-electron chi connectivity index (χ0n) is 11.6. The first-order chi connectivity index (χ1) is 8.74. The van der Waals surface area contributed by atoms with Gasteiger partial charge in [-0.25, -0.2) is 0 Å². The average molecular weight is 256 g/mol. The van der Waals surface area contributed by atoms with Gasteiger partial charge < -0.3 is 15.8 Å². The Balaban J connectivity index is 1.95. The van der Waals surface area contributed by atoms with Crippen LogP contribution in [0.2, 0.25) is 0 Å². The minimum Gasteiger partial charge on any atom is -0.378 e. The lowest BCUT2D eigenvalue weighted by Gasteiger charge is -2.22. The van der Waals surface area contributed by atoms with Crippen LogP contribution in [0, 0.1) is 5.92 Å². The van der Waals surface area contributed by atoms with Crippen LogP contribution in [0.1, 0.15) is 51.9 Å². The van der Waals surface area contributed by atoms with E-state index in [1.165, 1.54) is 32.1 Å². The fourth-order valence-electron chi connectivity index (χ4n) is 2.32. The Bertz CT molecular complexity index is 228. The molecule has 1 aliphatic carbocycles. The van der Waals surface area contributed by atoms with Gasteiger partial charge in [-0.15, -0.1) is 0 Å². The molecule has 106 valence electrons. The van der Waals surface area contributed by atoms with E-state index in [4.69, 9.17) is 10.5 Å². The smallest absolute Gasteiger partial charge is 0.222 e. The standard InChI is InChI=1S/C14H28N2O2/c1-12(8-9-15)14(17)16-10-5-11-18-13-6-3-2-4-7-13/h12-13H,2-11,15H2,1H3,(H,16,17). The normalized spacial score (nSPS) is 18.6. The van der Waals surface area contributed by atoms with Gasteiger partial charge in [0.05, 0.1) is 6.10 Å². The molecule has 1 fully saturated rings. The summed E-state index contributed by atoms with van der Waals surface area (Å²) < 4.78 is 5.80. The minimum absolute atomic E-state index is 0.0225. The number of rotatable bonds is 8. The molecule has 1 rings (SSSR count). The van der Waals surface area contributed by atoms with Crippen molar-refractivity contribution in [2.24, 2.45) is 11.7 Å². The third-order valence-electron chi connectivity index (χ3n) is 3.57. The highest BCUT2D eigenvalue weighted by Crippen LogP contribution is 2.20. The number of ether oxygens (including phenoxy) is 1. The first kappa shape index (κ1) is 15.4. The lowest BCUT2D eigenvalue weighted by Crippen LogP contribution is -2.31. The van der Waals surface area contributed by atoms with Gasteiger partial charge in [-0.3, -0.25) is 4.79 Å². The van der Waals surface area contributed by atoms with E-state index in [1.807, 2.05) is 6.92 Å². The third-order valence-corrected chi connectivity index (χ3v) is 3.57. The molecule has 0 aromatic rings. The Morgan fingerprint density at radius 3 is 2.78 bits per heavy atom. The second-order valence-electron chi connectivity index (χ2n) is 5.25. The molecule has 0 saturated heterocycles. The van der Waals surface area contributed by atoms with Crippen molar-refractivity contribution >= 4 is 5.91 Å². The maximum atomic E-state index is 11.6. The van der Waals surface area contributed by atoms with Gasteiger partial charge in [-0.2, -0.15) is 0 Å². The monoisotopic (exact) mass is 256 g/mol. The molecule has 1 saturated carbocycles. The van der Waals surface area contributed by atoms with Crippen molar-refractivity contribution in [3.05, 3.63) is 0 Å². The molecule has 0 aromatic carbocycles. The maximum Gasteiger partial charge on any atom is 0.222 e. The van der Waals surface area contributed by atoms with Crippen LogP contribution < -0.4 is 11.1 Å². The lowest BCUT2D eigenvalue weighted by molar-refractivity contribution is -0.124. The molecule has 0 heterocycles. The van der Waals surface area contributed by atoms with Crippen molar-refractivity contribution in [1.29, 1.82) is 0 Å². The summed E-state index contributed by atoms with van der Waals surface area (Å²) in [4.78, 5) is 11.6. The van der Waals surface area contributed by atoms with Gasteiger partial charge in [0.2, 0.25) is 5.91 Å². The van der Waals surface area contributed by atoms with Gasteiger partial charge in [0.25, 0.3) is 0 Å². The van der Waals surface area contributed by atoms with Crippen molar-refractivity contribution in [3.63, 3.8) is 0 Å². The summed E-state index contributed by atoms with van der Waals surface area (Å²) in [6.45, 7) is 3.96. The molecule has 1 aliphatic rings. The van der Waals surface area contributed by atoms with E-state index in [-0.39, 0.29) is 11.8 Å². The Hall–Kier alpha value is -0.610. The van der Waals surface area contributed by atoms with Crippen LogP contribution in [0.5, 0.6) is 0 Å². The first-order valence-electron chi connectivity index (χ1n) is 7.33. The summed E-state index contributed by atoms with van der Waals surface area (Å²) in [5, 5.41) is 2.93. The molecule has 0 spiro atoms. The second kappa shape index (κ2) is 9.34. The highest BCUT2D eigenvalue weighted by molar-refractivity contribution is 5.78. The Morgan fingerprint density at radius 2 is 2.11 bits per heavy atom. The van der Waals surface area contributed by atoms with Crippen molar-refractivity contribution in [1.82, 2.24) is 5.32 Å². The van der Waals surface area contributed by atoms with Gasteiger partial charge in [0.1, 0.15) is 0 Å². The van der Waals surface area contributed by atoms with Crippen molar-refractivity contribution in [2.45, 2.75) is 58.0 Å². The Morgan fingerprint density at radius 1 is 1.39 bits per heavy atom. The molecule has 4 nitrogen and oxygen atoms in total.